The van der Waals surface area contributed by atoms with E-state index in [1.54, 1.807) is 0 Å². The third-order valence-electron chi connectivity index (χ3n) is 1.81. The van der Waals surface area contributed by atoms with Crippen molar-refractivity contribution in [3.8, 4) is 0 Å². The van der Waals surface area contributed by atoms with Crippen LogP contribution in [-0.4, -0.2) is 31.6 Å². The highest BCUT2D eigenvalue weighted by atomic mass is 16.7. The van der Waals surface area contributed by atoms with Crippen molar-refractivity contribution in [2.75, 3.05) is 13.2 Å². The summed E-state index contributed by atoms with van der Waals surface area (Å²) in [6.45, 7) is 4.18. The average molecular weight is 200 g/mol. The van der Waals surface area contributed by atoms with Gasteiger partial charge in [-0.15, -0.1) is 0 Å². The number of hydrogen-bond donors (Lipinski definition) is 0. The first-order chi connectivity index (χ1) is 6.72. The number of ether oxygens (including phenoxy) is 3. The van der Waals surface area contributed by atoms with Gasteiger partial charge in [0.15, 0.2) is 6.29 Å². The molecule has 0 aromatic rings. The molecule has 1 rings (SSSR count). The van der Waals surface area contributed by atoms with E-state index in [9.17, 15) is 4.79 Å². The molecule has 4 nitrogen and oxygen atoms in total. The molecule has 0 aromatic carbocycles. The Labute approximate surface area is 83.8 Å². The number of carbonyl (C=O) groups excluding carboxylic acids is 1. The Hall–Kier alpha value is -0.870. The first-order valence-electron chi connectivity index (χ1n) is 4.79. The summed E-state index contributed by atoms with van der Waals surface area (Å²) in [6.07, 6.45) is 4.25. The fraction of sp³-hybridized carbons (Fsp3) is 0.700. The highest BCUT2D eigenvalue weighted by Crippen LogP contribution is 2.13. The van der Waals surface area contributed by atoms with Gasteiger partial charge in [0.05, 0.1) is 0 Å². The number of hydrogen-bond acceptors (Lipinski definition) is 4. The molecule has 0 spiro atoms. The predicted octanol–water partition coefficient (Wildman–Crippen LogP) is 1.26. The topological polar surface area (TPSA) is 44.8 Å². The molecule has 2 atom stereocenters. The first-order valence-corrected chi connectivity index (χ1v) is 4.79. The minimum atomic E-state index is -0.291. The van der Waals surface area contributed by atoms with Gasteiger partial charge in [-0.2, -0.15) is 0 Å². The minimum absolute atomic E-state index is 0.177. The van der Waals surface area contributed by atoms with Gasteiger partial charge in [-0.25, -0.2) is 0 Å². The molecule has 1 aliphatic rings. The molecule has 0 fully saturated rings. The van der Waals surface area contributed by atoms with E-state index in [1.807, 2.05) is 19.1 Å². The van der Waals surface area contributed by atoms with Crippen molar-refractivity contribution >= 4 is 5.97 Å². The highest BCUT2D eigenvalue weighted by Gasteiger charge is 2.18. The fourth-order valence-electron chi connectivity index (χ4n) is 1.22. The monoisotopic (exact) mass is 200 g/mol. The van der Waals surface area contributed by atoms with Crippen molar-refractivity contribution in [2.24, 2.45) is 0 Å². The van der Waals surface area contributed by atoms with Crippen LogP contribution in [0.1, 0.15) is 20.3 Å². The lowest BCUT2D eigenvalue weighted by Crippen LogP contribution is -2.30. The Morgan fingerprint density at radius 3 is 3.07 bits per heavy atom. The van der Waals surface area contributed by atoms with Crippen LogP contribution in [0.4, 0.5) is 0 Å². The summed E-state index contributed by atoms with van der Waals surface area (Å²) in [6, 6.07) is 0. The molecule has 1 aliphatic heterocycles. The van der Waals surface area contributed by atoms with Crippen LogP contribution in [-0.2, 0) is 19.0 Å². The second-order valence-electron chi connectivity index (χ2n) is 3.03. The molecular formula is C10H16O4. The molecule has 80 valence electrons. The molecule has 0 aromatic heterocycles. The van der Waals surface area contributed by atoms with E-state index >= 15 is 0 Å². The van der Waals surface area contributed by atoms with Crippen molar-refractivity contribution < 1.29 is 19.0 Å². The molecule has 0 bridgehead atoms. The van der Waals surface area contributed by atoms with E-state index in [0.717, 1.165) is 6.42 Å². The van der Waals surface area contributed by atoms with E-state index < -0.39 is 0 Å². The molecular weight excluding hydrogens is 184 g/mol. The fourth-order valence-corrected chi connectivity index (χ4v) is 1.22. The van der Waals surface area contributed by atoms with Gasteiger partial charge in [0.1, 0.15) is 12.7 Å². The standard InChI is InChI=1S/C10H16O4/c1-3-12-10-6-4-5-9(14-10)7-13-8(2)11/h4-5,9-10H,3,6-7H2,1-2H3. The maximum atomic E-state index is 10.6. The first kappa shape index (κ1) is 11.2. The van der Waals surface area contributed by atoms with E-state index in [0.29, 0.717) is 6.61 Å². The Kier molecular flexibility index (Phi) is 4.62. The molecule has 1 heterocycles. The minimum Gasteiger partial charge on any atom is -0.463 e. The Balaban J connectivity index is 2.29. The summed E-state index contributed by atoms with van der Waals surface area (Å²) in [5.41, 5.74) is 0. The quantitative estimate of drug-likeness (QED) is 0.506. The number of carbonyl (C=O) groups is 1. The lowest BCUT2D eigenvalue weighted by atomic mass is 10.2. The van der Waals surface area contributed by atoms with Crippen molar-refractivity contribution in [3.63, 3.8) is 0 Å². The van der Waals surface area contributed by atoms with E-state index in [1.165, 1.54) is 6.92 Å². The van der Waals surface area contributed by atoms with Crippen LogP contribution in [0.3, 0.4) is 0 Å². The second kappa shape index (κ2) is 5.78. The summed E-state index contributed by atoms with van der Waals surface area (Å²) >= 11 is 0. The Morgan fingerprint density at radius 1 is 1.64 bits per heavy atom. The molecule has 14 heavy (non-hydrogen) atoms. The third kappa shape index (κ3) is 3.89. The summed E-state index contributed by atoms with van der Waals surface area (Å²) in [4.78, 5) is 10.6. The molecule has 0 saturated heterocycles. The molecule has 0 aliphatic carbocycles. The maximum absolute atomic E-state index is 10.6. The highest BCUT2D eigenvalue weighted by molar-refractivity contribution is 5.65. The van der Waals surface area contributed by atoms with Gasteiger partial charge in [0.25, 0.3) is 0 Å². The molecule has 0 radical (unpaired) electrons. The molecule has 4 heteroatoms. The zero-order valence-corrected chi connectivity index (χ0v) is 8.56. The van der Waals surface area contributed by atoms with Crippen LogP contribution in [0.15, 0.2) is 12.2 Å². The van der Waals surface area contributed by atoms with Crippen molar-refractivity contribution in [3.05, 3.63) is 12.2 Å². The van der Waals surface area contributed by atoms with Gasteiger partial charge >= 0.3 is 5.97 Å². The Morgan fingerprint density at radius 2 is 2.43 bits per heavy atom. The van der Waals surface area contributed by atoms with Crippen LogP contribution in [0.25, 0.3) is 0 Å². The predicted molar refractivity (Wildman–Crippen MR) is 50.7 cm³/mol. The van der Waals surface area contributed by atoms with E-state index in [-0.39, 0.29) is 25.0 Å². The zero-order valence-electron chi connectivity index (χ0n) is 8.56. The van der Waals surface area contributed by atoms with Crippen LogP contribution >= 0.6 is 0 Å². The molecule has 2 unspecified atom stereocenters. The van der Waals surface area contributed by atoms with Crippen LogP contribution in [0, 0.1) is 0 Å². The van der Waals surface area contributed by atoms with Gasteiger partial charge in [-0.05, 0) is 6.92 Å². The molecule has 0 saturated carbocycles. The normalized spacial score (nSPS) is 26.1. The zero-order chi connectivity index (χ0) is 10.4. The number of esters is 1. The lowest BCUT2D eigenvalue weighted by Gasteiger charge is -2.25. The van der Waals surface area contributed by atoms with Crippen molar-refractivity contribution in [1.29, 1.82) is 0 Å². The average Bonchev–Trinajstić information content (AvgIpc) is 2.16. The van der Waals surface area contributed by atoms with E-state index in [4.69, 9.17) is 14.2 Å². The van der Waals surface area contributed by atoms with Crippen LogP contribution < -0.4 is 0 Å². The smallest absolute Gasteiger partial charge is 0.302 e. The third-order valence-corrected chi connectivity index (χ3v) is 1.81. The second-order valence-corrected chi connectivity index (χ2v) is 3.03. The van der Waals surface area contributed by atoms with Gasteiger partial charge in [-0.1, -0.05) is 12.2 Å². The largest absolute Gasteiger partial charge is 0.463 e. The van der Waals surface area contributed by atoms with Gasteiger partial charge in [0, 0.05) is 20.0 Å². The van der Waals surface area contributed by atoms with Crippen LogP contribution in [0.2, 0.25) is 0 Å². The summed E-state index contributed by atoms with van der Waals surface area (Å²) in [5, 5.41) is 0. The maximum Gasteiger partial charge on any atom is 0.302 e. The molecule has 0 amide bonds. The summed E-state index contributed by atoms with van der Waals surface area (Å²) < 4.78 is 15.6. The lowest BCUT2D eigenvalue weighted by molar-refractivity contribution is -0.176. The number of rotatable bonds is 4. The summed E-state index contributed by atoms with van der Waals surface area (Å²) in [7, 11) is 0. The SMILES string of the molecule is CCOC1CC=CC(COC(C)=O)O1. The van der Waals surface area contributed by atoms with Gasteiger partial charge < -0.3 is 14.2 Å². The summed E-state index contributed by atoms with van der Waals surface area (Å²) in [5.74, 6) is -0.291. The van der Waals surface area contributed by atoms with Crippen molar-refractivity contribution in [2.45, 2.75) is 32.7 Å². The Bertz CT molecular complexity index is 212. The van der Waals surface area contributed by atoms with E-state index in [2.05, 4.69) is 0 Å². The van der Waals surface area contributed by atoms with Crippen LogP contribution in [0.5, 0.6) is 0 Å². The van der Waals surface area contributed by atoms with Crippen molar-refractivity contribution in [1.82, 2.24) is 0 Å². The molecule has 0 N–H and O–H groups in total. The van der Waals surface area contributed by atoms with Gasteiger partial charge in [-0.3, -0.25) is 4.79 Å². The van der Waals surface area contributed by atoms with Gasteiger partial charge in [0.2, 0.25) is 0 Å².